The largest absolute Gasteiger partial charge is 0.471 e. The molecular formula is C11H18N2O. The van der Waals surface area contributed by atoms with Gasteiger partial charge in [0.25, 0.3) is 0 Å². The van der Waals surface area contributed by atoms with Crippen LogP contribution in [0.2, 0.25) is 0 Å². The van der Waals surface area contributed by atoms with Crippen LogP contribution in [-0.2, 0) is 4.74 Å². The van der Waals surface area contributed by atoms with Gasteiger partial charge in [0.2, 0.25) is 0 Å². The first-order valence-electron chi connectivity index (χ1n) is 5.77. The second-order valence-electron chi connectivity index (χ2n) is 4.78. The fraction of sp³-hybridized carbons (Fsp3) is 0.909. The molecule has 3 saturated heterocycles. The summed E-state index contributed by atoms with van der Waals surface area (Å²) in [5, 5.41) is 0. The number of hydrogen-bond acceptors (Lipinski definition) is 3. The van der Waals surface area contributed by atoms with Gasteiger partial charge in [-0.15, -0.1) is 0 Å². The molecule has 1 atom stereocenters. The van der Waals surface area contributed by atoms with Crippen LogP contribution in [0.3, 0.4) is 0 Å². The average Bonchev–Trinajstić information content (AvgIpc) is 2.63. The standard InChI is InChI=1S/C11H18N2O/c1-2-10-12-7-11(14-10)8-13-5-3-9(11)4-6-13/h9H,2-8H2,1H3. The smallest absolute Gasteiger partial charge is 0.183 e. The molecule has 0 amide bonds. The van der Waals surface area contributed by atoms with Crippen LogP contribution in [0.4, 0.5) is 0 Å². The average molecular weight is 194 g/mol. The Morgan fingerprint density at radius 1 is 1.50 bits per heavy atom. The zero-order valence-corrected chi connectivity index (χ0v) is 8.83. The molecule has 14 heavy (non-hydrogen) atoms. The molecule has 1 spiro atoms. The summed E-state index contributed by atoms with van der Waals surface area (Å²) < 4.78 is 6.08. The van der Waals surface area contributed by atoms with Crippen molar-refractivity contribution in [1.29, 1.82) is 0 Å². The number of fused-ring (bicyclic) bond motifs is 2. The van der Waals surface area contributed by atoms with E-state index in [2.05, 4.69) is 16.8 Å². The second kappa shape index (κ2) is 2.96. The summed E-state index contributed by atoms with van der Waals surface area (Å²) in [7, 11) is 0. The normalized spacial score (nSPS) is 45.4. The molecule has 0 N–H and O–H groups in total. The number of aliphatic imine (C=N–C) groups is 1. The third kappa shape index (κ3) is 1.11. The Balaban J connectivity index is 1.80. The molecule has 3 fully saturated rings. The van der Waals surface area contributed by atoms with E-state index in [1.807, 2.05) is 0 Å². The molecule has 3 heteroatoms. The highest BCUT2D eigenvalue weighted by Gasteiger charge is 2.51. The second-order valence-corrected chi connectivity index (χ2v) is 4.78. The Morgan fingerprint density at radius 2 is 2.29 bits per heavy atom. The number of piperidine rings is 3. The van der Waals surface area contributed by atoms with Gasteiger partial charge in [-0.05, 0) is 25.9 Å². The maximum atomic E-state index is 6.08. The summed E-state index contributed by atoms with van der Waals surface area (Å²) in [4.78, 5) is 7.05. The van der Waals surface area contributed by atoms with Gasteiger partial charge in [0.15, 0.2) is 5.90 Å². The minimum atomic E-state index is 0.0852. The van der Waals surface area contributed by atoms with E-state index < -0.39 is 0 Å². The first-order valence-corrected chi connectivity index (χ1v) is 5.77. The van der Waals surface area contributed by atoms with Crippen molar-refractivity contribution in [2.24, 2.45) is 10.9 Å². The molecule has 78 valence electrons. The Bertz CT molecular complexity index is 268. The lowest BCUT2D eigenvalue weighted by Crippen LogP contribution is -2.60. The SMILES string of the molecule is CCC1=NCC2(CN3CCC2CC3)O1. The molecule has 0 saturated carbocycles. The Morgan fingerprint density at radius 3 is 2.79 bits per heavy atom. The van der Waals surface area contributed by atoms with Crippen molar-refractivity contribution in [3.63, 3.8) is 0 Å². The summed E-state index contributed by atoms with van der Waals surface area (Å²) in [5.41, 5.74) is 0.0852. The van der Waals surface area contributed by atoms with E-state index in [9.17, 15) is 0 Å². The van der Waals surface area contributed by atoms with Crippen LogP contribution in [0.25, 0.3) is 0 Å². The molecule has 0 radical (unpaired) electrons. The van der Waals surface area contributed by atoms with Gasteiger partial charge in [-0.25, -0.2) is 0 Å². The summed E-state index contributed by atoms with van der Waals surface area (Å²) in [5.74, 6) is 1.75. The van der Waals surface area contributed by atoms with Crippen molar-refractivity contribution in [3.8, 4) is 0 Å². The summed E-state index contributed by atoms with van der Waals surface area (Å²) >= 11 is 0. The molecule has 0 aromatic carbocycles. The Kier molecular flexibility index (Phi) is 1.84. The highest BCUT2D eigenvalue weighted by atomic mass is 16.5. The maximum Gasteiger partial charge on any atom is 0.183 e. The van der Waals surface area contributed by atoms with Gasteiger partial charge in [-0.3, -0.25) is 9.89 Å². The molecule has 1 unspecified atom stereocenters. The van der Waals surface area contributed by atoms with Crippen molar-refractivity contribution in [3.05, 3.63) is 0 Å². The lowest BCUT2D eigenvalue weighted by molar-refractivity contribution is -0.0838. The van der Waals surface area contributed by atoms with E-state index in [1.165, 1.54) is 25.9 Å². The topological polar surface area (TPSA) is 24.8 Å². The monoisotopic (exact) mass is 194 g/mol. The van der Waals surface area contributed by atoms with Crippen LogP contribution in [0.1, 0.15) is 26.2 Å². The van der Waals surface area contributed by atoms with E-state index in [4.69, 9.17) is 4.74 Å². The first-order chi connectivity index (χ1) is 6.82. The lowest BCUT2D eigenvalue weighted by Gasteiger charge is -2.50. The van der Waals surface area contributed by atoms with Crippen molar-refractivity contribution in [2.75, 3.05) is 26.2 Å². The van der Waals surface area contributed by atoms with Crippen molar-refractivity contribution in [1.82, 2.24) is 4.90 Å². The summed E-state index contributed by atoms with van der Waals surface area (Å²) in [6.07, 6.45) is 3.58. The van der Waals surface area contributed by atoms with Crippen molar-refractivity contribution >= 4 is 5.90 Å². The van der Waals surface area contributed by atoms with Gasteiger partial charge in [-0.2, -0.15) is 0 Å². The number of ether oxygens (including phenoxy) is 1. The minimum Gasteiger partial charge on any atom is -0.471 e. The number of hydrogen-bond donors (Lipinski definition) is 0. The number of rotatable bonds is 1. The van der Waals surface area contributed by atoms with Crippen LogP contribution in [0.15, 0.2) is 4.99 Å². The van der Waals surface area contributed by atoms with Crippen LogP contribution >= 0.6 is 0 Å². The molecule has 0 aliphatic carbocycles. The Hall–Kier alpha value is -0.570. The van der Waals surface area contributed by atoms with Gasteiger partial charge in [0.1, 0.15) is 5.60 Å². The van der Waals surface area contributed by atoms with Gasteiger partial charge in [0.05, 0.1) is 6.54 Å². The van der Waals surface area contributed by atoms with Crippen LogP contribution < -0.4 is 0 Å². The summed E-state index contributed by atoms with van der Waals surface area (Å²) in [6, 6.07) is 0. The molecule has 2 bridgehead atoms. The van der Waals surface area contributed by atoms with E-state index in [-0.39, 0.29) is 5.60 Å². The fourth-order valence-corrected chi connectivity index (χ4v) is 3.12. The highest BCUT2D eigenvalue weighted by Crippen LogP contribution is 2.40. The minimum absolute atomic E-state index is 0.0852. The van der Waals surface area contributed by atoms with Crippen LogP contribution in [0.5, 0.6) is 0 Å². The van der Waals surface area contributed by atoms with E-state index in [0.717, 1.165) is 31.3 Å². The third-order valence-corrected chi connectivity index (χ3v) is 3.97. The van der Waals surface area contributed by atoms with Crippen molar-refractivity contribution < 1.29 is 4.74 Å². The van der Waals surface area contributed by atoms with Gasteiger partial charge >= 0.3 is 0 Å². The highest BCUT2D eigenvalue weighted by molar-refractivity contribution is 5.78. The van der Waals surface area contributed by atoms with Gasteiger partial charge < -0.3 is 4.74 Å². The zero-order chi connectivity index (χ0) is 9.60. The molecule has 4 aliphatic rings. The predicted octanol–water partition coefficient (Wildman–Crippen LogP) is 1.29. The molecule has 4 heterocycles. The van der Waals surface area contributed by atoms with E-state index in [0.29, 0.717) is 0 Å². The predicted molar refractivity (Wildman–Crippen MR) is 55.6 cm³/mol. The number of nitrogens with zero attached hydrogens (tertiary/aromatic N) is 2. The Labute approximate surface area is 85.1 Å². The molecule has 4 rings (SSSR count). The quantitative estimate of drug-likeness (QED) is 0.628. The molecule has 4 aliphatic heterocycles. The third-order valence-electron chi connectivity index (χ3n) is 3.97. The van der Waals surface area contributed by atoms with Crippen LogP contribution in [0, 0.1) is 5.92 Å². The van der Waals surface area contributed by atoms with Gasteiger partial charge in [0, 0.05) is 18.9 Å². The molecule has 0 aromatic rings. The van der Waals surface area contributed by atoms with Crippen molar-refractivity contribution in [2.45, 2.75) is 31.8 Å². The molecular weight excluding hydrogens is 176 g/mol. The first kappa shape index (κ1) is 8.72. The van der Waals surface area contributed by atoms with E-state index in [1.54, 1.807) is 0 Å². The molecule has 0 aromatic heterocycles. The van der Waals surface area contributed by atoms with Gasteiger partial charge in [-0.1, -0.05) is 6.92 Å². The van der Waals surface area contributed by atoms with Crippen LogP contribution in [-0.4, -0.2) is 42.6 Å². The maximum absolute atomic E-state index is 6.08. The van der Waals surface area contributed by atoms with E-state index >= 15 is 0 Å². The molecule has 3 nitrogen and oxygen atoms in total. The lowest BCUT2D eigenvalue weighted by atomic mass is 9.75. The fourth-order valence-electron chi connectivity index (χ4n) is 3.12. The summed E-state index contributed by atoms with van der Waals surface area (Å²) in [6.45, 7) is 6.70. The zero-order valence-electron chi connectivity index (χ0n) is 8.83.